The van der Waals surface area contributed by atoms with Crippen LogP contribution in [0.25, 0.3) is 0 Å². The first-order valence-corrected chi connectivity index (χ1v) is 6.91. The van der Waals surface area contributed by atoms with E-state index in [1.54, 1.807) is 0 Å². The Labute approximate surface area is 110 Å². The molecule has 2 rings (SSSR count). The lowest BCUT2D eigenvalue weighted by Crippen LogP contribution is -2.16. The molecule has 92 valence electrons. The maximum absolute atomic E-state index is 10.7. The third kappa shape index (κ3) is 3.56. The second-order valence-corrected chi connectivity index (χ2v) is 5.78. The molecule has 17 heavy (non-hydrogen) atoms. The Morgan fingerprint density at radius 1 is 1.18 bits per heavy atom. The number of aliphatic carboxylic acids is 1. The summed E-state index contributed by atoms with van der Waals surface area (Å²) in [6.45, 7) is 0. The Kier molecular flexibility index (Phi) is 4.21. The summed E-state index contributed by atoms with van der Waals surface area (Å²) in [4.78, 5) is 10.7. The Balaban J connectivity index is 1.90. The molecule has 0 spiro atoms. The predicted octanol–water partition coefficient (Wildman–Crippen LogP) is 4.20. The van der Waals surface area contributed by atoms with E-state index in [1.807, 2.05) is 0 Å². The number of benzene rings is 1. The zero-order chi connectivity index (χ0) is 12.3. The number of carboxylic acid groups (broad SMARTS) is 1. The lowest BCUT2D eigenvalue weighted by atomic mass is 9.77. The molecular weight excluding hydrogens is 280 g/mol. The van der Waals surface area contributed by atoms with E-state index in [1.165, 1.54) is 5.56 Å². The standard InChI is InChI=1S/C14H17BrO2/c15-13-7-5-12(6-8-13)11-3-1-10(2-4-11)9-14(16)17/h5-8,10-11H,1-4,9H2,(H,16,17). The normalized spacial score (nSPS) is 24.5. The summed E-state index contributed by atoms with van der Waals surface area (Å²) in [7, 11) is 0. The second-order valence-electron chi connectivity index (χ2n) is 4.87. The molecule has 0 amide bonds. The smallest absolute Gasteiger partial charge is 0.303 e. The summed E-state index contributed by atoms with van der Waals surface area (Å²) in [6, 6.07) is 8.51. The van der Waals surface area contributed by atoms with Crippen LogP contribution in [0.2, 0.25) is 0 Å². The highest BCUT2D eigenvalue weighted by Crippen LogP contribution is 2.37. The lowest BCUT2D eigenvalue weighted by molar-refractivity contribution is -0.138. The average Bonchev–Trinajstić information content (AvgIpc) is 2.30. The molecule has 0 unspecified atom stereocenters. The van der Waals surface area contributed by atoms with Crippen molar-refractivity contribution in [3.8, 4) is 0 Å². The van der Waals surface area contributed by atoms with Crippen molar-refractivity contribution in [1.82, 2.24) is 0 Å². The van der Waals surface area contributed by atoms with Gasteiger partial charge < -0.3 is 5.11 Å². The van der Waals surface area contributed by atoms with Gasteiger partial charge in [0.25, 0.3) is 0 Å². The van der Waals surface area contributed by atoms with Crippen LogP contribution in [-0.2, 0) is 4.79 Å². The van der Waals surface area contributed by atoms with Crippen LogP contribution in [-0.4, -0.2) is 11.1 Å². The van der Waals surface area contributed by atoms with Crippen molar-refractivity contribution in [2.24, 2.45) is 5.92 Å². The van der Waals surface area contributed by atoms with Crippen LogP contribution in [0.15, 0.2) is 28.7 Å². The molecule has 0 heterocycles. The molecule has 1 saturated carbocycles. The molecule has 0 saturated heterocycles. The zero-order valence-corrected chi connectivity index (χ0v) is 11.3. The molecule has 2 nitrogen and oxygen atoms in total. The van der Waals surface area contributed by atoms with Gasteiger partial charge in [-0.25, -0.2) is 0 Å². The Morgan fingerprint density at radius 3 is 2.29 bits per heavy atom. The summed E-state index contributed by atoms with van der Waals surface area (Å²) < 4.78 is 1.11. The van der Waals surface area contributed by atoms with Gasteiger partial charge in [0.1, 0.15) is 0 Å². The van der Waals surface area contributed by atoms with E-state index in [9.17, 15) is 4.79 Å². The predicted molar refractivity (Wildman–Crippen MR) is 71.1 cm³/mol. The zero-order valence-electron chi connectivity index (χ0n) is 9.73. The molecular formula is C14H17BrO2. The number of carboxylic acids is 1. The van der Waals surface area contributed by atoms with Crippen LogP contribution in [0.5, 0.6) is 0 Å². The molecule has 0 atom stereocenters. The summed E-state index contributed by atoms with van der Waals surface area (Å²) >= 11 is 3.44. The molecule has 1 fully saturated rings. The third-order valence-corrected chi connectivity index (χ3v) is 4.18. The van der Waals surface area contributed by atoms with Crippen LogP contribution in [0.1, 0.15) is 43.6 Å². The Hall–Kier alpha value is -0.830. The summed E-state index contributed by atoms with van der Waals surface area (Å²) in [5, 5.41) is 8.77. The largest absolute Gasteiger partial charge is 0.481 e. The third-order valence-electron chi connectivity index (χ3n) is 3.65. The van der Waals surface area contributed by atoms with Crippen molar-refractivity contribution in [1.29, 1.82) is 0 Å². The molecule has 1 aromatic carbocycles. The number of carbonyl (C=O) groups is 1. The van der Waals surface area contributed by atoms with Crippen molar-refractivity contribution < 1.29 is 9.90 Å². The quantitative estimate of drug-likeness (QED) is 0.908. The second kappa shape index (κ2) is 5.67. The van der Waals surface area contributed by atoms with Gasteiger partial charge in [0, 0.05) is 10.9 Å². The first kappa shape index (κ1) is 12.6. The maximum Gasteiger partial charge on any atom is 0.303 e. The highest BCUT2D eigenvalue weighted by molar-refractivity contribution is 9.10. The Bertz CT molecular complexity index is 378. The minimum Gasteiger partial charge on any atom is -0.481 e. The van der Waals surface area contributed by atoms with E-state index in [2.05, 4.69) is 40.2 Å². The van der Waals surface area contributed by atoms with E-state index >= 15 is 0 Å². The van der Waals surface area contributed by atoms with Gasteiger partial charge in [0.05, 0.1) is 0 Å². The van der Waals surface area contributed by atoms with Gasteiger partial charge in [-0.1, -0.05) is 28.1 Å². The van der Waals surface area contributed by atoms with Crippen LogP contribution in [0.4, 0.5) is 0 Å². The molecule has 1 aliphatic carbocycles. The number of rotatable bonds is 3. The molecule has 1 N–H and O–H groups in total. The monoisotopic (exact) mass is 296 g/mol. The highest BCUT2D eigenvalue weighted by Gasteiger charge is 2.23. The molecule has 0 aromatic heterocycles. The minimum absolute atomic E-state index is 0.340. The summed E-state index contributed by atoms with van der Waals surface area (Å²) in [6.07, 6.45) is 4.69. The van der Waals surface area contributed by atoms with Crippen molar-refractivity contribution in [3.05, 3.63) is 34.3 Å². The van der Waals surface area contributed by atoms with Crippen LogP contribution < -0.4 is 0 Å². The molecule has 0 aliphatic heterocycles. The van der Waals surface area contributed by atoms with Gasteiger partial charge in [0.15, 0.2) is 0 Å². The SMILES string of the molecule is O=C(O)CC1CCC(c2ccc(Br)cc2)CC1. The van der Waals surface area contributed by atoms with Crippen molar-refractivity contribution >= 4 is 21.9 Å². The highest BCUT2D eigenvalue weighted by atomic mass is 79.9. The minimum atomic E-state index is -0.655. The number of halogens is 1. The van der Waals surface area contributed by atoms with E-state index < -0.39 is 5.97 Å². The summed E-state index contributed by atoms with van der Waals surface area (Å²) in [5.74, 6) is 0.351. The topological polar surface area (TPSA) is 37.3 Å². The van der Waals surface area contributed by atoms with Crippen molar-refractivity contribution in [2.45, 2.75) is 38.0 Å². The van der Waals surface area contributed by atoms with Gasteiger partial charge in [-0.05, 0) is 55.2 Å². The van der Waals surface area contributed by atoms with Gasteiger partial charge in [-0.15, -0.1) is 0 Å². The number of hydrogen-bond donors (Lipinski definition) is 1. The number of hydrogen-bond acceptors (Lipinski definition) is 1. The van der Waals surface area contributed by atoms with Crippen molar-refractivity contribution in [2.75, 3.05) is 0 Å². The van der Waals surface area contributed by atoms with Gasteiger partial charge in [-0.3, -0.25) is 4.79 Å². The van der Waals surface area contributed by atoms with E-state index in [0.717, 1.165) is 30.2 Å². The van der Waals surface area contributed by atoms with Crippen LogP contribution in [0.3, 0.4) is 0 Å². The van der Waals surface area contributed by atoms with Gasteiger partial charge in [0.2, 0.25) is 0 Å². The fourth-order valence-corrected chi connectivity index (χ4v) is 2.95. The fraction of sp³-hybridized carbons (Fsp3) is 0.500. The van der Waals surface area contributed by atoms with E-state index in [0.29, 0.717) is 18.3 Å². The molecule has 3 heteroatoms. The van der Waals surface area contributed by atoms with Gasteiger partial charge >= 0.3 is 5.97 Å². The molecule has 0 bridgehead atoms. The fourth-order valence-electron chi connectivity index (χ4n) is 2.68. The van der Waals surface area contributed by atoms with Crippen LogP contribution >= 0.6 is 15.9 Å². The van der Waals surface area contributed by atoms with Gasteiger partial charge in [-0.2, -0.15) is 0 Å². The summed E-state index contributed by atoms with van der Waals surface area (Å²) in [5.41, 5.74) is 1.39. The maximum atomic E-state index is 10.7. The van der Waals surface area contributed by atoms with E-state index in [-0.39, 0.29) is 0 Å². The molecule has 1 aromatic rings. The van der Waals surface area contributed by atoms with Crippen molar-refractivity contribution in [3.63, 3.8) is 0 Å². The molecule has 0 radical (unpaired) electrons. The molecule has 1 aliphatic rings. The lowest BCUT2D eigenvalue weighted by Gasteiger charge is -2.27. The van der Waals surface area contributed by atoms with E-state index in [4.69, 9.17) is 5.11 Å². The first-order valence-electron chi connectivity index (χ1n) is 6.12. The average molecular weight is 297 g/mol. The first-order chi connectivity index (χ1) is 8.15. The van der Waals surface area contributed by atoms with Crippen LogP contribution in [0, 0.1) is 5.92 Å². The Morgan fingerprint density at radius 2 is 1.76 bits per heavy atom.